The molecule has 0 radical (unpaired) electrons. The molecule has 7 heteroatoms. The molecule has 4 rings (SSSR count). The fourth-order valence-corrected chi connectivity index (χ4v) is 3.58. The third-order valence-corrected chi connectivity index (χ3v) is 5.77. The number of aryl methyl sites for hydroxylation is 1. The van der Waals surface area contributed by atoms with Crippen LogP contribution in [0.25, 0.3) is 11.3 Å². The summed E-state index contributed by atoms with van der Waals surface area (Å²) in [5.41, 5.74) is 5.49. The summed E-state index contributed by atoms with van der Waals surface area (Å²) < 4.78 is 0. The van der Waals surface area contributed by atoms with Gasteiger partial charge >= 0.3 is 6.03 Å². The molecule has 3 aromatic rings. The van der Waals surface area contributed by atoms with Crippen molar-refractivity contribution in [1.82, 2.24) is 15.1 Å². The molecule has 1 aromatic heterocycles. The number of likely N-dealkylation sites (N-methyl/N-ethyl adjacent to an activating group) is 1. The zero-order valence-electron chi connectivity index (χ0n) is 18.2. The minimum atomic E-state index is -0.266. The lowest BCUT2D eigenvalue weighted by Gasteiger charge is -2.32. The molecule has 0 atom stereocenters. The molecule has 1 saturated heterocycles. The summed E-state index contributed by atoms with van der Waals surface area (Å²) in [6, 6.07) is 17.2. The first kappa shape index (κ1) is 20.8. The first-order valence-corrected chi connectivity index (χ1v) is 10.5. The SMILES string of the molecule is Cc1cccc(NC(=O)Nc2ccc(-c3ccc(N4CCN(C)CC4)nn3)cc2)c1C. The van der Waals surface area contributed by atoms with Crippen LogP contribution in [0.4, 0.5) is 22.0 Å². The van der Waals surface area contributed by atoms with E-state index in [4.69, 9.17) is 0 Å². The summed E-state index contributed by atoms with van der Waals surface area (Å²) in [7, 11) is 2.14. The van der Waals surface area contributed by atoms with E-state index in [0.717, 1.165) is 60.1 Å². The van der Waals surface area contributed by atoms with Gasteiger partial charge in [-0.15, -0.1) is 10.2 Å². The van der Waals surface area contributed by atoms with Gasteiger partial charge in [-0.25, -0.2) is 4.79 Å². The number of benzene rings is 2. The first-order chi connectivity index (χ1) is 15.0. The number of amides is 2. The summed E-state index contributed by atoms with van der Waals surface area (Å²) in [5.74, 6) is 0.915. The Morgan fingerprint density at radius 1 is 0.871 bits per heavy atom. The van der Waals surface area contributed by atoms with Gasteiger partial charge in [0, 0.05) is 43.1 Å². The van der Waals surface area contributed by atoms with Crippen molar-refractivity contribution in [2.75, 3.05) is 48.8 Å². The number of carbonyl (C=O) groups is 1. The number of hydrogen-bond donors (Lipinski definition) is 2. The first-order valence-electron chi connectivity index (χ1n) is 10.5. The normalized spacial score (nSPS) is 14.4. The van der Waals surface area contributed by atoms with Crippen LogP contribution in [-0.2, 0) is 0 Å². The molecule has 0 spiro atoms. The lowest BCUT2D eigenvalue weighted by Crippen LogP contribution is -2.44. The number of carbonyl (C=O) groups excluding carboxylic acids is 1. The monoisotopic (exact) mass is 416 g/mol. The second-order valence-corrected chi connectivity index (χ2v) is 7.97. The molecule has 7 nitrogen and oxygen atoms in total. The van der Waals surface area contributed by atoms with E-state index >= 15 is 0 Å². The fraction of sp³-hybridized carbons (Fsp3) is 0.292. The molecule has 1 aliphatic heterocycles. The quantitative estimate of drug-likeness (QED) is 0.668. The van der Waals surface area contributed by atoms with Crippen molar-refractivity contribution >= 4 is 23.2 Å². The van der Waals surface area contributed by atoms with E-state index in [0.29, 0.717) is 5.69 Å². The largest absolute Gasteiger partial charge is 0.353 e. The van der Waals surface area contributed by atoms with E-state index in [9.17, 15) is 4.79 Å². The van der Waals surface area contributed by atoms with Crippen LogP contribution in [0.1, 0.15) is 11.1 Å². The van der Waals surface area contributed by atoms with Gasteiger partial charge in [0.05, 0.1) is 5.69 Å². The molecule has 160 valence electrons. The maximum absolute atomic E-state index is 12.4. The summed E-state index contributed by atoms with van der Waals surface area (Å²) >= 11 is 0. The van der Waals surface area contributed by atoms with Gasteiger partial charge in [-0.2, -0.15) is 0 Å². The van der Waals surface area contributed by atoms with E-state index in [-0.39, 0.29) is 6.03 Å². The number of nitrogens with zero attached hydrogens (tertiary/aromatic N) is 4. The summed E-state index contributed by atoms with van der Waals surface area (Å²) in [4.78, 5) is 16.9. The van der Waals surface area contributed by atoms with Gasteiger partial charge in [-0.05, 0) is 62.4 Å². The molecular formula is C24H28N6O. The van der Waals surface area contributed by atoms with Crippen molar-refractivity contribution in [3.05, 3.63) is 65.7 Å². The molecular weight excluding hydrogens is 388 g/mol. The third-order valence-electron chi connectivity index (χ3n) is 5.77. The van der Waals surface area contributed by atoms with E-state index in [1.165, 1.54) is 0 Å². The van der Waals surface area contributed by atoms with Crippen LogP contribution in [0.5, 0.6) is 0 Å². The maximum Gasteiger partial charge on any atom is 0.323 e. The number of rotatable bonds is 4. The van der Waals surface area contributed by atoms with Gasteiger partial charge in [0.25, 0.3) is 0 Å². The average molecular weight is 417 g/mol. The van der Waals surface area contributed by atoms with Crippen LogP contribution in [0.2, 0.25) is 0 Å². The van der Waals surface area contributed by atoms with Crippen LogP contribution in [0.3, 0.4) is 0 Å². The molecule has 2 aromatic carbocycles. The highest BCUT2D eigenvalue weighted by Gasteiger charge is 2.15. The molecule has 2 heterocycles. The van der Waals surface area contributed by atoms with Gasteiger partial charge in [-0.1, -0.05) is 24.3 Å². The van der Waals surface area contributed by atoms with Crippen molar-refractivity contribution in [1.29, 1.82) is 0 Å². The second kappa shape index (κ2) is 9.14. The molecule has 31 heavy (non-hydrogen) atoms. The lowest BCUT2D eigenvalue weighted by atomic mass is 10.1. The number of anilines is 3. The van der Waals surface area contributed by atoms with Crippen LogP contribution < -0.4 is 15.5 Å². The van der Waals surface area contributed by atoms with E-state index < -0.39 is 0 Å². The van der Waals surface area contributed by atoms with Gasteiger partial charge < -0.3 is 20.4 Å². The van der Waals surface area contributed by atoms with E-state index in [1.54, 1.807) is 0 Å². The van der Waals surface area contributed by atoms with Crippen LogP contribution in [-0.4, -0.2) is 54.4 Å². The zero-order chi connectivity index (χ0) is 21.8. The highest BCUT2D eigenvalue weighted by atomic mass is 16.2. The van der Waals surface area contributed by atoms with Crippen LogP contribution in [0.15, 0.2) is 54.6 Å². The molecule has 1 fully saturated rings. The molecule has 0 unspecified atom stereocenters. The minimum absolute atomic E-state index is 0.266. The number of aromatic nitrogens is 2. The van der Waals surface area contributed by atoms with Gasteiger partial charge in [0.2, 0.25) is 0 Å². The van der Waals surface area contributed by atoms with Crippen molar-refractivity contribution < 1.29 is 4.79 Å². The summed E-state index contributed by atoms with van der Waals surface area (Å²) in [5, 5.41) is 14.6. The Hall–Kier alpha value is -3.45. The number of hydrogen-bond acceptors (Lipinski definition) is 5. The van der Waals surface area contributed by atoms with Crippen molar-refractivity contribution in [2.45, 2.75) is 13.8 Å². The molecule has 0 aliphatic carbocycles. The third kappa shape index (κ3) is 5.00. The Bertz CT molecular complexity index is 1040. The minimum Gasteiger partial charge on any atom is -0.353 e. The predicted molar refractivity (Wildman–Crippen MR) is 126 cm³/mol. The predicted octanol–water partition coefficient (Wildman–Crippen LogP) is 4.16. The zero-order valence-corrected chi connectivity index (χ0v) is 18.2. The van der Waals surface area contributed by atoms with Crippen molar-refractivity contribution in [3.63, 3.8) is 0 Å². The average Bonchev–Trinajstić information content (AvgIpc) is 2.78. The van der Waals surface area contributed by atoms with Crippen LogP contribution >= 0.6 is 0 Å². The van der Waals surface area contributed by atoms with Crippen molar-refractivity contribution in [3.8, 4) is 11.3 Å². The molecule has 2 amide bonds. The Balaban J connectivity index is 1.37. The highest BCUT2D eigenvalue weighted by Crippen LogP contribution is 2.22. The summed E-state index contributed by atoms with van der Waals surface area (Å²) in [6.07, 6.45) is 0. The lowest BCUT2D eigenvalue weighted by molar-refractivity contribution is 0.262. The molecule has 0 saturated carbocycles. The van der Waals surface area contributed by atoms with Gasteiger partial charge in [0.15, 0.2) is 5.82 Å². The molecule has 2 N–H and O–H groups in total. The Labute approximate surface area is 183 Å². The summed E-state index contributed by atoms with van der Waals surface area (Å²) in [6.45, 7) is 8.03. The number of nitrogens with one attached hydrogen (secondary N) is 2. The Morgan fingerprint density at radius 2 is 1.61 bits per heavy atom. The highest BCUT2D eigenvalue weighted by molar-refractivity contribution is 6.00. The fourth-order valence-electron chi connectivity index (χ4n) is 3.58. The Morgan fingerprint density at radius 3 is 2.29 bits per heavy atom. The van der Waals surface area contributed by atoms with Gasteiger partial charge in [0.1, 0.15) is 0 Å². The second-order valence-electron chi connectivity index (χ2n) is 7.97. The number of urea groups is 1. The standard InChI is InChI=1S/C24H28N6O/c1-17-5-4-6-21(18(17)2)26-24(31)25-20-9-7-19(8-10-20)22-11-12-23(28-27-22)30-15-13-29(3)14-16-30/h4-12H,13-16H2,1-3H3,(H2,25,26,31). The maximum atomic E-state index is 12.4. The van der Waals surface area contributed by atoms with Gasteiger partial charge in [-0.3, -0.25) is 0 Å². The smallest absolute Gasteiger partial charge is 0.323 e. The Kier molecular flexibility index (Phi) is 6.13. The van der Waals surface area contributed by atoms with Crippen LogP contribution in [0, 0.1) is 13.8 Å². The molecule has 1 aliphatic rings. The number of piperazine rings is 1. The van der Waals surface area contributed by atoms with Crippen molar-refractivity contribution in [2.24, 2.45) is 0 Å². The topological polar surface area (TPSA) is 73.4 Å². The van der Waals surface area contributed by atoms with E-state index in [2.05, 4.69) is 37.7 Å². The van der Waals surface area contributed by atoms with E-state index in [1.807, 2.05) is 68.4 Å². The molecule has 0 bridgehead atoms.